The maximum absolute atomic E-state index is 11.9. The molecule has 6 heteroatoms. The van der Waals surface area contributed by atoms with Crippen LogP contribution >= 0.6 is 0 Å². The van der Waals surface area contributed by atoms with Gasteiger partial charge in [0.05, 0.1) is 0 Å². The third-order valence-corrected chi connectivity index (χ3v) is 4.82. The van der Waals surface area contributed by atoms with E-state index in [1.54, 1.807) is 7.05 Å². The molecule has 0 aromatic carbocycles. The van der Waals surface area contributed by atoms with Crippen molar-refractivity contribution in [3.8, 4) is 0 Å². The molecule has 0 saturated carbocycles. The lowest BCUT2D eigenvalue weighted by Gasteiger charge is -2.27. The molecular weight excluding hydrogens is 202 g/mol. The van der Waals surface area contributed by atoms with Crippen LogP contribution in [0.25, 0.3) is 0 Å². The first-order chi connectivity index (χ1) is 6.50. The minimum absolute atomic E-state index is 0.138. The van der Waals surface area contributed by atoms with Crippen LogP contribution in [0.15, 0.2) is 0 Å². The van der Waals surface area contributed by atoms with Gasteiger partial charge in [-0.2, -0.15) is 17.0 Å². The summed E-state index contributed by atoms with van der Waals surface area (Å²) in [5.41, 5.74) is 5.44. The predicted octanol–water partition coefficient (Wildman–Crippen LogP) is -0.394. The van der Waals surface area contributed by atoms with E-state index in [1.807, 2.05) is 6.92 Å². The van der Waals surface area contributed by atoms with Crippen LogP contribution in [0, 0.1) is 0 Å². The summed E-state index contributed by atoms with van der Waals surface area (Å²) in [5, 5.41) is 0. The molecule has 0 aromatic heterocycles. The highest BCUT2D eigenvalue weighted by Gasteiger charge is 2.31. The Labute approximate surface area is 86.0 Å². The van der Waals surface area contributed by atoms with E-state index in [2.05, 4.69) is 0 Å². The number of likely N-dealkylation sites (N-methyl/N-ethyl adjacent to an activating group) is 1. The van der Waals surface area contributed by atoms with E-state index in [0.717, 1.165) is 12.8 Å². The summed E-state index contributed by atoms with van der Waals surface area (Å²) in [7, 11) is -1.67. The molecule has 84 valence electrons. The fourth-order valence-corrected chi connectivity index (χ4v) is 3.10. The molecule has 5 nitrogen and oxygen atoms in total. The Morgan fingerprint density at radius 1 is 1.43 bits per heavy atom. The van der Waals surface area contributed by atoms with Crippen LogP contribution in [-0.2, 0) is 10.2 Å². The topological polar surface area (TPSA) is 66.6 Å². The van der Waals surface area contributed by atoms with Crippen molar-refractivity contribution in [1.82, 2.24) is 8.61 Å². The first kappa shape index (κ1) is 11.9. The van der Waals surface area contributed by atoms with Gasteiger partial charge in [-0.1, -0.05) is 0 Å². The quantitative estimate of drug-likeness (QED) is 0.703. The van der Waals surface area contributed by atoms with Gasteiger partial charge < -0.3 is 5.73 Å². The molecule has 1 heterocycles. The maximum atomic E-state index is 11.9. The van der Waals surface area contributed by atoms with Crippen LogP contribution in [0.1, 0.15) is 19.8 Å². The molecule has 1 atom stereocenters. The third kappa shape index (κ3) is 2.25. The zero-order chi connectivity index (χ0) is 10.8. The van der Waals surface area contributed by atoms with Crippen molar-refractivity contribution in [3.63, 3.8) is 0 Å². The summed E-state index contributed by atoms with van der Waals surface area (Å²) in [4.78, 5) is 0. The van der Waals surface area contributed by atoms with Crippen molar-refractivity contribution < 1.29 is 8.42 Å². The van der Waals surface area contributed by atoms with Crippen molar-refractivity contribution in [2.45, 2.75) is 25.8 Å². The molecular formula is C8H19N3O2S. The van der Waals surface area contributed by atoms with E-state index < -0.39 is 10.2 Å². The Hall–Kier alpha value is -0.170. The second-order valence-corrected chi connectivity index (χ2v) is 5.70. The second kappa shape index (κ2) is 4.57. The van der Waals surface area contributed by atoms with Crippen LogP contribution in [0.4, 0.5) is 0 Å². The van der Waals surface area contributed by atoms with E-state index in [4.69, 9.17) is 5.73 Å². The van der Waals surface area contributed by atoms with E-state index >= 15 is 0 Å². The van der Waals surface area contributed by atoms with Gasteiger partial charge in [-0.15, -0.1) is 0 Å². The SMILES string of the molecule is CC(CN)N(C)S(=O)(=O)N1CCCC1. The molecule has 2 N–H and O–H groups in total. The summed E-state index contributed by atoms with van der Waals surface area (Å²) in [6.45, 7) is 3.45. The first-order valence-electron chi connectivity index (χ1n) is 4.93. The number of hydrogen-bond acceptors (Lipinski definition) is 3. The second-order valence-electron chi connectivity index (χ2n) is 3.71. The van der Waals surface area contributed by atoms with Gasteiger partial charge in [0.25, 0.3) is 10.2 Å². The van der Waals surface area contributed by atoms with Crippen LogP contribution < -0.4 is 5.73 Å². The van der Waals surface area contributed by atoms with Crippen molar-refractivity contribution in [2.24, 2.45) is 5.73 Å². The highest BCUT2D eigenvalue weighted by molar-refractivity contribution is 7.86. The molecule has 0 radical (unpaired) electrons. The zero-order valence-electron chi connectivity index (χ0n) is 8.81. The molecule has 0 aliphatic carbocycles. The standard InChI is InChI=1S/C8H19N3O2S/c1-8(7-9)10(2)14(12,13)11-5-3-4-6-11/h8H,3-7,9H2,1-2H3. The van der Waals surface area contributed by atoms with Gasteiger partial charge in [-0.3, -0.25) is 0 Å². The van der Waals surface area contributed by atoms with Crippen molar-refractivity contribution in [3.05, 3.63) is 0 Å². The van der Waals surface area contributed by atoms with Gasteiger partial charge in [0.1, 0.15) is 0 Å². The minimum atomic E-state index is -3.26. The van der Waals surface area contributed by atoms with Crippen molar-refractivity contribution in [2.75, 3.05) is 26.7 Å². The Morgan fingerprint density at radius 3 is 2.36 bits per heavy atom. The Balaban J connectivity index is 2.73. The third-order valence-electron chi connectivity index (χ3n) is 2.72. The van der Waals surface area contributed by atoms with Crippen LogP contribution in [0.3, 0.4) is 0 Å². The number of hydrogen-bond donors (Lipinski definition) is 1. The molecule has 14 heavy (non-hydrogen) atoms. The summed E-state index contributed by atoms with van der Waals surface area (Å²) < 4.78 is 26.7. The monoisotopic (exact) mass is 221 g/mol. The highest BCUT2D eigenvalue weighted by atomic mass is 32.2. The smallest absolute Gasteiger partial charge is 0.282 e. The molecule has 1 fully saturated rings. The Kier molecular flexibility index (Phi) is 3.88. The molecule has 0 spiro atoms. The number of rotatable bonds is 4. The molecule has 1 rings (SSSR count). The highest BCUT2D eigenvalue weighted by Crippen LogP contribution is 2.16. The molecule has 1 aliphatic heterocycles. The zero-order valence-corrected chi connectivity index (χ0v) is 9.63. The molecule has 0 amide bonds. The lowest BCUT2D eigenvalue weighted by molar-refractivity contribution is 0.349. The van der Waals surface area contributed by atoms with E-state index in [-0.39, 0.29) is 6.04 Å². The first-order valence-corrected chi connectivity index (χ1v) is 6.33. The normalized spacial score (nSPS) is 21.7. The van der Waals surface area contributed by atoms with E-state index in [0.29, 0.717) is 19.6 Å². The fraction of sp³-hybridized carbons (Fsp3) is 1.00. The average molecular weight is 221 g/mol. The van der Waals surface area contributed by atoms with Gasteiger partial charge in [0.2, 0.25) is 0 Å². The largest absolute Gasteiger partial charge is 0.329 e. The molecule has 1 saturated heterocycles. The maximum Gasteiger partial charge on any atom is 0.282 e. The lowest BCUT2D eigenvalue weighted by Crippen LogP contribution is -2.46. The predicted molar refractivity (Wildman–Crippen MR) is 56.0 cm³/mol. The lowest BCUT2D eigenvalue weighted by atomic mass is 10.4. The summed E-state index contributed by atoms with van der Waals surface area (Å²) in [6.07, 6.45) is 1.92. The Morgan fingerprint density at radius 2 is 1.93 bits per heavy atom. The molecule has 1 unspecified atom stereocenters. The number of nitrogens with two attached hydrogens (primary N) is 1. The molecule has 0 aromatic rings. The van der Waals surface area contributed by atoms with Crippen molar-refractivity contribution >= 4 is 10.2 Å². The van der Waals surface area contributed by atoms with Gasteiger partial charge >= 0.3 is 0 Å². The van der Waals surface area contributed by atoms with E-state index in [1.165, 1.54) is 8.61 Å². The van der Waals surface area contributed by atoms with Crippen LogP contribution in [0.2, 0.25) is 0 Å². The summed E-state index contributed by atoms with van der Waals surface area (Å²) in [6, 6.07) is -0.138. The summed E-state index contributed by atoms with van der Waals surface area (Å²) >= 11 is 0. The molecule has 1 aliphatic rings. The van der Waals surface area contributed by atoms with Gasteiger partial charge in [-0.25, -0.2) is 0 Å². The number of nitrogens with zero attached hydrogens (tertiary/aromatic N) is 2. The molecule has 0 bridgehead atoms. The van der Waals surface area contributed by atoms with Gasteiger partial charge in [0, 0.05) is 32.7 Å². The Bertz CT molecular complexity index is 272. The van der Waals surface area contributed by atoms with Crippen LogP contribution in [-0.4, -0.2) is 49.8 Å². The van der Waals surface area contributed by atoms with Crippen molar-refractivity contribution in [1.29, 1.82) is 0 Å². The summed E-state index contributed by atoms with van der Waals surface area (Å²) in [5.74, 6) is 0. The van der Waals surface area contributed by atoms with E-state index in [9.17, 15) is 8.42 Å². The fourth-order valence-electron chi connectivity index (χ4n) is 1.48. The average Bonchev–Trinajstić information content (AvgIpc) is 2.68. The van der Waals surface area contributed by atoms with Gasteiger partial charge in [-0.05, 0) is 19.8 Å². The van der Waals surface area contributed by atoms with Gasteiger partial charge in [0.15, 0.2) is 0 Å². The minimum Gasteiger partial charge on any atom is -0.329 e. The van der Waals surface area contributed by atoms with Crippen LogP contribution in [0.5, 0.6) is 0 Å².